The van der Waals surface area contributed by atoms with Gasteiger partial charge in [-0.1, -0.05) is 55.7 Å². The molecule has 0 atom stereocenters. The van der Waals surface area contributed by atoms with Crippen LogP contribution in [0.4, 0.5) is 4.39 Å². The Morgan fingerprint density at radius 3 is 2.41 bits per heavy atom. The molecule has 34 heavy (non-hydrogen) atoms. The number of hydrogen-bond donors (Lipinski definition) is 0. The van der Waals surface area contributed by atoms with Crippen LogP contribution >= 0.6 is 0 Å². The van der Waals surface area contributed by atoms with Crippen LogP contribution in [0.25, 0.3) is 44.3 Å². The predicted octanol–water partition coefficient (Wildman–Crippen LogP) is 8.24. The lowest BCUT2D eigenvalue weighted by Gasteiger charge is -2.22. The molecular weight excluding hydrogens is 421 g/mol. The summed E-state index contributed by atoms with van der Waals surface area (Å²) in [6.45, 7) is 2.10. The van der Waals surface area contributed by atoms with Crippen molar-refractivity contribution in [1.29, 1.82) is 0 Å². The van der Waals surface area contributed by atoms with Crippen molar-refractivity contribution in [2.45, 2.75) is 44.9 Å². The van der Waals surface area contributed by atoms with E-state index >= 15 is 0 Å². The molecule has 1 aliphatic rings. The fourth-order valence-electron chi connectivity index (χ4n) is 5.69. The summed E-state index contributed by atoms with van der Waals surface area (Å²) in [6.07, 6.45) is 8.56. The topological polar surface area (TPSA) is 17.0 Å². The summed E-state index contributed by atoms with van der Waals surface area (Å²) in [4.78, 5) is 0. The van der Waals surface area contributed by atoms with Gasteiger partial charge in [-0.05, 0) is 60.6 Å². The molecule has 170 valence electrons. The van der Waals surface area contributed by atoms with Crippen LogP contribution in [0.2, 0.25) is 0 Å². The third kappa shape index (κ3) is 3.51. The van der Waals surface area contributed by atoms with Crippen molar-refractivity contribution in [2.75, 3.05) is 0 Å². The van der Waals surface area contributed by atoms with Gasteiger partial charge < -0.3 is 4.42 Å². The molecule has 0 aliphatic heterocycles. The van der Waals surface area contributed by atoms with Crippen LogP contribution in [-0.2, 0) is 7.05 Å². The maximum atomic E-state index is 14.9. The summed E-state index contributed by atoms with van der Waals surface area (Å²) in [5.41, 5.74) is 8.01. The molecular formula is C31H29FNO+. The Bertz CT molecular complexity index is 1510. The van der Waals surface area contributed by atoms with E-state index in [1.165, 1.54) is 37.7 Å². The second-order valence-corrected chi connectivity index (χ2v) is 9.72. The van der Waals surface area contributed by atoms with E-state index in [4.69, 9.17) is 4.42 Å². The minimum absolute atomic E-state index is 0.242. The van der Waals surface area contributed by atoms with Crippen molar-refractivity contribution in [1.82, 2.24) is 0 Å². The van der Waals surface area contributed by atoms with Gasteiger partial charge in [0.2, 0.25) is 5.69 Å². The van der Waals surface area contributed by atoms with Gasteiger partial charge in [0, 0.05) is 28.5 Å². The molecule has 1 saturated carbocycles. The first-order valence-corrected chi connectivity index (χ1v) is 12.3. The van der Waals surface area contributed by atoms with E-state index in [9.17, 15) is 4.39 Å². The lowest BCUT2D eigenvalue weighted by molar-refractivity contribution is -0.660. The summed E-state index contributed by atoms with van der Waals surface area (Å²) in [6, 6.07) is 22.2. The second-order valence-electron chi connectivity index (χ2n) is 9.72. The Hall–Kier alpha value is -3.46. The number of halogens is 1. The minimum atomic E-state index is -0.242. The van der Waals surface area contributed by atoms with Crippen molar-refractivity contribution in [3.05, 3.63) is 89.9 Å². The van der Waals surface area contributed by atoms with Gasteiger partial charge in [0.05, 0.1) is 5.56 Å². The zero-order chi connectivity index (χ0) is 23.2. The maximum absolute atomic E-state index is 14.9. The number of aryl methyl sites for hydroxylation is 2. The van der Waals surface area contributed by atoms with Gasteiger partial charge in [0.25, 0.3) is 0 Å². The first-order valence-electron chi connectivity index (χ1n) is 12.3. The summed E-state index contributed by atoms with van der Waals surface area (Å²) in [7, 11) is 2.04. The fourth-order valence-corrected chi connectivity index (χ4v) is 5.69. The van der Waals surface area contributed by atoms with Crippen LogP contribution in [0.15, 0.2) is 77.3 Å². The van der Waals surface area contributed by atoms with Crippen LogP contribution in [0.1, 0.15) is 49.1 Å². The van der Waals surface area contributed by atoms with Crippen LogP contribution in [0.5, 0.6) is 0 Å². The van der Waals surface area contributed by atoms with E-state index < -0.39 is 0 Å². The Morgan fingerprint density at radius 2 is 1.65 bits per heavy atom. The van der Waals surface area contributed by atoms with Crippen LogP contribution in [0, 0.1) is 12.7 Å². The Balaban J connectivity index is 1.54. The van der Waals surface area contributed by atoms with E-state index in [-0.39, 0.29) is 5.82 Å². The van der Waals surface area contributed by atoms with E-state index in [1.54, 1.807) is 12.1 Å². The third-order valence-electron chi connectivity index (χ3n) is 7.52. The van der Waals surface area contributed by atoms with Crippen LogP contribution < -0.4 is 4.57 Å². The Morgan fingerprint density at radius 1 is 0.853 bits per heavy atom. The average Bonchev–Trinajstić information content (AvgIpc) is 3.23. The lowest BCUT2D eigenvalue weighted by atomic mass is 9.83. The number of benzene rings is 3. The highest BCUT2D eigenvalue weighted by molar-refractivity contribution is 6.13. The quantitative estimate of drug-likeness (QED) is 0.253. The van der Waals surface area contributed by atoms with Gasteiger partial charge in [-0.3, -0.25) is 0 Å². The van der Waals surface area contributed by atoms with Crippen molar-refractivity contribution in [3.63, 3.8) is 0 Å². The monoisotopic (exact) mass is 450 g/mol. The van der Waals surface area contributed by atoms with Crippen molar-refractivity contribution in [3.8, 4) is 22.4 Å². The molecule has 2 aromatic heterocycles. The number of fused-ring (bicyclic) bond motifs is 3. The molecule has 0 spiro atoms. The number of rotatable bonds is 3. The Kier molecular flexibility index (Phi) is 5.21. The van der Waals surface area contributed by atoms with E-state index in [0.717, 1.165) is 49.9 Å². The minimum Gasteiger partial charge on any atom is -0.454 e. The van der Waals surface area contributed by atoms with Crippen molar-refractivity contribution < 1.29 is 13.4 Å². The average molecular weight is 451 g/mol. The molecule has 5 aromatic rings. The van der Waals surface area contributed by atoms with Gasteiger partial charge >= 0.3 is 0 Å². The number of aromatic nitrogens is 1. The molecule has 0 N–H and O–H groups in total. The van der Waals surface area contributed by atoms with E-state index in [0.29, 0.717) is 5.92 Å². The molecule has 2 nitrogen and oxygen atoms in total. The molecule has 0 saturated heterocycles. The zero-order valence-electron chi connectivity index (χ0n) is 19.8. The molecule has 2 heterocycles. The molecule has 6 rings (SSSR count). The van der Waals surface area contributed by atoms with Crippen LogP contribution in [0.3, 0.4) is 0 Å². The SMILES string of the molecule is Cc1ccc2c(oc3c(-c4ccc(C5CCCCC5)cc4)cc(F)cc32)c1-c1cccc[n+]1C. The van der Waals surface area contributed by atoms with Gasteiger partial charge in [0.15, 0.2) is 6.20 Å². The number of pyridine rings is 1. The number of nitrogens with zero attached hydrogens (tertiary/aromatic N) is 1. The summed E-state index contributed by atoms with van der Waals surface area (Å²) in [5.74, 6) is 0.410. The molecule has 0 unspecified atom stereocenters. The van der Waals surface area contributed by atoms with Gasteiger partial charge in [-0.15, -0.1) is 0 Å². The second kappa shape index (κ2) is 8.39. The van der Waals surface area contributed by atoms with Crippen molar-refractivity contribution >= 4 is 21.9 Å². The molecule has 1 fully saturated rings. The summed E-state index contributed by atoms with van der Waals surface area (Å²) < 4.78 is 23.6. The maximum Gasteiger partial charge on any atom is 0.216 e. The van der Waals surface area contributed by atoms with Gasteiger partial charge in [0.1, 0.15) is 24.0 Å². The molecule has 3 heteroatoms. The Labute approximate surface area is 199 Å². The summed E-state index contributed by atoms with van der Waals surface area (Å²) >= 11 is 0. The molecule has 0 bridgehead atoms. The lowest BCUT2D eigenvalue weighted by Crippen LogP contribution is -2.30. The predicted molar refractivity (Wildman–Crippen MR) is 136 cm³/mol. The zero-order valence-corrected chi connectivity index (χ0v) is 19.8. The third-order valence-corrected chi connectivity index (χ3v) is 7.52. The van der Waals surface area contributed by atoms with Crippen molar-refractivity contribution in [2.24, 2.45) is 7.05 Å². The standard InChI is InChI=1S/C31H29FNO/c1-20-11-16-25-27-19-24(32)18-26(23-14-12-22(13-15-23)21-8-4-3-5-9-21)30(27)34-31(25)29(20)28-10-6-7-17-33(28)2/h6-7,10-19,21H,3-5,8-9H2,1-2H3/q+1. The molecule has 0 radical (unpaired) electrons. The first-order chi connectivity index (χ1) is 16.6. The number of hydrogen-bond acceptors (Lipinski definition) is 1. The molecule has 1 aliphatic carbocycles. The van der Waals surface area contributed by atoms with E-state index in [2.05, 4.69) is 54.0 Å². The molecule has 3 aromatic carbocycles. The molecule has 0 amide bonds. The fraction of sp³-hybridized carbons (Fsp3) is 0.258. The highest BCUT2D eigenvalue weighted by atomic mass is 19.1. The van der Waals surface area contributed by atoms with Crippen LogP contribution in [-0.4, -0.2) is 0 Å². The normalized spacial score (nSPS) is 14.8. The van der Waals surface area contributed by atoms with Gasteiger partial charge in [-0.25, -0.2) is 8.96 Å². The summed E-state index contributed by atoms with van der Waals surface area (Å²) in [5, 5.41) is 1.76. The highest BCUT2D eigenvalue weighted by Crippen LogP contribution is 2.41. The smallest absolute Gasteiger partial charge is 0.216 e. The largest absolute Gasteiger partial charge is 0.454 e. The first kappa shape index (κ1) is 21.1. The highest BCUT2D eigenvalue weighted by Gasteiger charge is 2.22. The van der Waals surface area contributed by atoms with Gasteiger partial charge in [-0.2, -0.15) is 0 Å². The number of furan rings is 1. The van der Waals surface area contributed by atoms with E-state index in [1.807, 2.05) is 25.4 Å².